The van der Waals surface area contributed by atoms with E-state index in [2.05, 4.69) is 11.8 Å². The average molecular weight is 209 g/mol. The van der Waals surface area contributed by atoms with Crippen molar-refractivity contribution in [3.8, 4) is 11.8 Å². The van der Waals surface area contributed by atoms with Crippen molar-refractivity contribution in [2.75, 3.05) is 13.2 Å². The van der Waals surface area contributed by atoms with Gasteiger partial charge in [0.15, 0.2) is 0 Å². The summed E-state index contributed by atoms with van der Waals surface area (Å²) in [5.74, 6) is 5.86. The van der Waals surface area contributed by atoms with Gasteiger partial charge in [-0.25, -0.2) is 0 Å². The molecular formula is C13H23NO. The summed E-state index contributed by atoms with van der Waals surface area (Å²) in [5.41, 5.74) is 6.25. The van der Waals surface area contributed by atoms with Crippen molar-refractivity contribution in [3.63, 3.8) is 0 Å². The molecule has 0 aromatic heterocycles. The van der Waals surface area contributed by atoms with Crippen LogP contribution in [0.1, 0.15) is 51.9 Å². The quantitative estimate of drug-likeness (QED) is 0.438. The van der Waals surface area contributed by atoms with Gasteiger partial charge in [-0.3, -0.25) is 0 Å². The van der Waals surface area contributed by atoms with E-state index in [1.807, 2.05) is 6.92 Å². The van der Waals surface area contributed by atoms with E-state index in [1.54, 1.807) is 0 Å². The van der Waals surface area contributed by atoms with Gasteiger partial charge in [0.25, 0.3) is 0 Å². The minimum absolute atomic E-state index is 0.0594. The fourth-order valence-corrected chi connectivity index (χ4v) is 2.10. The molecule has 1 rings (SSSR count). The average Bonchev–Trinajstić information content (AvgIpc) is 2.43. The van der Waals surface area contributed by atoms with Crippen LogP contribution < -0.4 is 5.73 Å². The van der Waals surface area contributed by atoms with Crippen molar-refractivity contribution >= 4 is 0 Å². The zero-order chi connectivity index (χ0) is 11.0. The van der Waals surface area contributed by atoms with Gasteiger partial charge in [0.2, 0.25) is 0 Å². The Morgan fingerprint density at radius 3 is 2.47 bits per heavy atom. The lowest BCUT2D eigenvalue weighted by Crippen LogP contribution is -2.44. The van der Waals surface area contributed by atoms with Crippen LogP contribution in [-0.2, 0) is 4.74 Å². The van der Waals surface area contributed by atoms with Gasteiger partial charge in [0.1, 0.15) is 0 Å². The summed E-state index contributed by atoms with van der Waals surface area (Å²) in [6, 6.07) is 0. The summed E-state index contributed by atoms with van der Waals surface area (Å²) in [5, 5.41) is 0. The second-order valence-electron chi connectivity index (χ2n) is 4.51. The molecule has 0 atom stereocenters. The second-order valence-corrected chi connectivity index (χ2v) is 4.51. The normalized spacial score (nSPS) is 20.1. The van der Waals surface area contributed by atoms with Gasteiger partial charge in [-0.2, -0.15) is 0 Å². The molecule has 0 aromatic carbocycles. The van der Waals surface area contributed by atoms with Crippen LogP contribution in [0.25, 0.3) is 0 Å². The van der Waals surface area contributed by atoms with Crippen molar-refractivity contribution < 1.29 is 4.74 Å². The fourth-order valence-electron chi connectivity index (χ4n) is 2.10. The minimum Gasteiger partial charge on any atom is -0.379 e. The van der Waals surface area contributed by atoms with Crippen molar-refractivity contribution in [1.82, 2.24) is 0 Å². The first kappa shape index (κ1) is 12.5. The minimum atomic E-state index is -0.0594. The topological polar surface area (TPSA) is 35.2 Å². The molecule has 0 aliphatic heterocycles. The Balaban J connectivity index is 2.18. The van der Waals surface area contributed by atoms with Crippen molar-refractivity contribution in [2.45, 2.75) is 57.4 Å². The van der Waals surface area contributed by atoms with Gasteiger partial charge in [-0.1, -0.05) is 25.7 Å². The van der Waals surface area contributed by atoms with E-state index in [9.17, 15) is 0 Å². The maximum Gasteiger partial charge on any atom is 0.0646 e. The molecule has 0 spiro atoms. The summed E-state index contributed by atoms with van der Waals surface area (Å²) >= 11 is 0. The second kappa shape index (κ2) is 6.87. The molecule has 2 heteroatoms. The van der Waals surface area contributed by atoms with Crippen LogP contribution in [-0.4, -0.2) is 18.8 Å². The highest BCUT2D eigenvalue weighted by atomic mass is 16.5. The molecule has 15 heavy (non-hydrogen) atoms. The first-order valence-electron chi connectivity index (χ1n) is 6.03. The molecule has 0 amide bonds. The van der Waals surface area contributed by atoms with Gasteiger partial charge in [-0.05, 0) is 19.8 Å². The van der Waals surface area contributed by atoms with E-state index < -0.39 is 0 Å². The third-order valence-electron chi connectivity index (χ3n) is 3.04. The monoisotopic (exact) mass is 209 g/mol. The Bertz CT molecular complexity index is 218. The van der Waals surface area contributed by atoms with E-state index in [-0.39, 0.29) is 5.54 Å². The predicted molar refractivity (Wildman–Crippen MR) is 63.5 cm³/mol. The van der Waals surface area contributed by atoms with E-state index in [4.69, 9.17) is 10.5 Å². The van der Waals surface area contributed by atoms with Crippen LogP contribution in [0.4, 0.5) is 0 Å². The molecule has 86 valence electrons. The molecular weight excluding hydrogens is 186 g/mol. The highest BCUT2D eigenvalue weighted by molar-refractivity contribution is 4.94. The van der Waals surface area contributed by atoms with Crippen LogP contribution in [0.3, 0.4) is 0 Å². The summed E-state index contributed by atoms with van der Waals surface area (Å²) in [6.07, 6.45) is 8.25. The summed E-state index contributed by atoms with van der Waals surface area (Å²) in [4.78, 5) is 0. The largest absolute Gasteiger partial charge is 0.379 e. The third-order valence-corrected chi connectivity index (χ3v) is 3.04. The molecule has 0 saturated heterocycles. The number of nitrogens with two attached hydrogens (primary N) is 1. The zero-order valence-electron chi connectivity index (χ0n) is 9.85. The Morgan fingerprint density at radius 1 is 1.20 bits per heavy atom. The van der Waals surface area contributed by atoms with Gasteiger partial charge in [0.05, 0.1) is 13.2 Å². The number of hydrogen-bond donors (Lipinski definition) is 1. The van der Waals surface area contributed by atoms with Gasteiger partial charge in [0, 0.05) is 12.0 Å². The third kappa shape index (κ3) is 5.20. The summed E-state index contributed by atoms with van der Waals surface area (Å²) in [7, 11) is 0. The van der Waals surface area contributed by atoms with E-state index in [0.29, 0.717) is 6.61 Å². The maximum absolute atomic E-state index is 6.31. The van der Waals surface area contributed by atoms with Crippen molar-refractivity contribution in [1.29, 1.82) is 0 Å². The number of rotatable bonds is 4. The molecule has 1 fully saturated rings. The predicted octanol–water partition coefficient (Wildman–Crippen LogP) is 2.47. The Hall–Kier alpha value is -0.520. The number of hydrogen-bond acceptors (Lipinski definition) is 2. The van der Waals surface area contributed by atoms with Crippen LogP contribution in [0.15, 0.2) is 0 Å². The molecule has 0 aromatic rings. The van der Waals surface area contributed by atoms with Gasteiger partial charge >= 0.3 is 0 Å². The molecule has 0 bridgehead atoms. The van der Waals surface area contributed by atoms with Crippen LogP contribution >= 0.6 is 0 Å². The van der Waals surface area contributed by atoms with Crippen LogP contribution in [0.5, 0.6) is 0 Å². The lowest BCUT2D eigenvalue weighted by Gasteiger charge is -2.27. The van der Waals surface area contributed by atoms with Crippen molar-refractivity contribution in [2.24, 2.45) is 5.73 Å². The summed E-state index contributed by atoms with van der Waals surface area (Å²) in [6.45, 7) is 3.29. The molecule has 2 nitrogen and oxygen atoms in total. The molecule has 2 N–H and O–H groups in total. The van der Waals surface area contributed by atoms with Crippen LogP contribution in [0.2, 0.25) is 0 Å². The summed E-state index contributed by atoms with van der Waals surface area (Å²) < 4.78 is 5.61. The highest BCUT2D eigenvalue weighted by Crippen LogP contribution is 2.25. The highest BCUT2D eigenvalue weighted by Gasteiger charge is 2.26. The lowest BCUT2D eigenvalue weighted by molar-refractivity contribution is 0.0818. The van der Waals surface area contributed by atoms with Crippen molar-refractivity contribution in [3.05, 3.63) is 0 Å². The first-order chi connectivity index (χ1) is 7.27. The van der Waals surface area contributed by atoms with Gasteiger partial charge < -0.3 is 10.5 Å². The maximum atomic E-state index is 6.31. The smallest absolute Gasteiger partial charge is 0.0646 e. The van der Waals surface area contributed by atoms with E-state index in [0.717, 1.165) is 25.9 Å². The van der Waals surface area contributed by atoms with E-state index in [1.165, 1.54) is 25.7 Å². The Morgan fingerprint density at radius 2 is 1.87 bits per heavy atom. The molecule has 1 saturated carbocycles. The molecule has 0 unspecified atom stereocenters. The zero-order valence-corrected chi connectivity index (χ0v) is 9.85. The van der Waals surface area contributed by atoms with Gasteiger partial charge in [-0.15, -0.1) is 11.8 Å². The van der Waals surface area contributed by atoms with E-state index >= 15 is 0 Å². The molecule has 1 aliphatic rings. The number of ether oxygens (including phenoxy) is 1. The Kier molecular flexibility index (Phi) is 5.75. The van der Waals surface area contributed by atoms with Crippen LogP contribution in [0, 0.1) is 11.8 Å². The molecule has 0 heterocycles. The SMILES string of the molecule is CC#CCCOCC1(N)CCCCCC1. The molecule has 0 radical (unpaired) electrons. The fraction of sp³-hybridized carbons (Fsp3) is 0.846. The lowest BCUT2D eigenvalue weighted by atomic mass is 9.93. The standard InChI is InChI=1S/C13H23NO/c1-2-3-8-11-15-12-13(14)9-6-4-5-7-10-13/h4-12,14H2,1H3. The Labute approximate surface area is 93.6 Å². The first-order valence-corrected chi connectivity index (χ1v) is 6.03. The molecule has 1 aliphatic carbocycles.